The first-order chi connectivity index (χ1) is 28.7. The van der Waals surface area contributed by atoms with Gasteiger partial charge in [-0.2, -0.15) is 0 Å². The molecule has 12 rings (SSSR count). The van der Waals surface area contributed by atoms with Crippen LogP contribution < -0.4 is 4.90 Å². The van der Waals surface area contributed by atoms with Gasteiger partial charge in [0.05, 0.1) is 0 Å². The zero-order valence-corrected chi connectivity index (χ0v) is 32.9. The first-order valence-electron chi connectivity index (χ1n) is 19.6. The van der Waals surface area contributed by atoms with E-state index in [1.165, 1.54) is 51.5 Å². The van der Waals surface area contributed by atoms with Crippen molar-refractivity contribution in [1.29, 1.82) is 0 Å². The van der Waals surface area contributed by atoms with E-state index in [4.69, 9.17) is 4.42 Å². The maximum absolute atomic E-state index is 6.49. The molecule has 272 valence electrons. The summed E-state index contributed by atoms with van der Waals surface area (Å²) < 4.78 is 11.7. The zero-order valence-electron chi connectivity index (χ0n) is 31.2. The van der Waals surface area contributed by atoms with E-state index in [9.17, 15) is 0 Å². The molecular formula is C54H33NOS2. The minimum Gasteiger partial charge on any atom is -0.455 e. The number of para-hydroxylation sites is 1. The van der Waals surface area contributed by atoms with Crippen molar-refractivity contribution in [2.75, 3.05) is 4.90 Å². The number of hydrogen-bond acceptors (Lipinski definition) is 4. The summed E-state index contributed by atoms with van der Waals surface area (Å²) in [7, 11) is 0. The van der Waals surface area contributed by atoms with E-state index in [-0.39, 0.29) is 0 Å². The third-order valence-corrected chi connectivity index (χ3v) is 13.8. The lowest BCUT2D eigenvalue weighted by Crippen LogP contribution is -2.09. The van der Waals surface area contributed by atoms with E-state index in [1.54, 1.807) is 0 Å². The predicted molar refractivity (Wildman–Crippen MR) is 250 cm³/mol. The summed E-state index contributed by atoms with van der Waals surface area (Å²) in [6.07, 6.45) is 0. The monoisotopic (exact) mass is 775 g/mol. The Morgan fingerprint density at radius 2 is 0.828 bits per heavy atom. The normalized spacial score (nSPS) is 11.8. The minimum atomic E-state index is 0.897. The molecule has 0 aliphatic heterocycles. The molecule has 0 N–H and O–H groups in total. The van der Waals surface area contributed by atoms with Crippen LogP contribution in [0.5, 0.6) is 0 Å². The Kier molecular flexibility index (Phi) is 7.62. The van der Waals surface area contributed by atoms with Crippen LogP contribution in [0.1, 0.15) is 0 Å². The summed E-state index contributed by atoms with van der Waals surface area (Å²) in [5.41, 5.74) is 12.2. The van der Waals surface area contributed by atoms with Gasteiger partial charge in [-0.15, -0.1) is 22.7 Å². The zero-order chi connectivity index (χ0) is 38.2. The Labute approximate surface area is 343 Å². The van der Waals surface area contributed by atoms with Gasteiger partial charge >= 0.3 is 0 Å². The van der Waals surface area contributed by atoms with Gasteiger partial charge in [-0.1, -0.05) is 133 Å². The van der Waals surface area contributed by atoms with Gasteiger partial charge in [0.1, 0.15) is 11.2 Å². The van der Waals surface area contributed by atoms with E-state index in [0.29, 0.717) is 0 Å². The molecule has 4 heteroatoms. The second-order valence-electron chi connectivity index (χ2n) is 14.9. The summed E-state index contributed by atoms with van der Waals surface area (Å²) in [5, 5.41) is 7.51. The van der Waals surface area contributed by atoms with Crippen molar-refractivity contribution in [3.63, 3.8) is 0 Å². The quantitative estimate of drug-likeness (QED) is 0.167. The van der Waals surface area contributed by atoms with Crippen LogP contribution in [0.15, 0.2) is 205 Å². The van der Waals surface area contributed by atoms with E-state index < -0.39 is 0 Å². The van der Waals surface area contributed by atoms with E-state index in [2.05, 4.69) is 199 Å². The van der Waals surface area contributed by atoms with Crippen LogP contribution in [-0.2, 0) is 0 Å². The highest BCUT2D eigenvalue weighted by Gasteiger charge is 2.17. The van der Waals surface area contributed by atoms with Crippen LogP contribution in [0.3, 0.4) is 0 Å². The summed E-state index contributed by atoms with van der Waals surface area (Å²) in [6.45, 7) is 0. The average Bonchev–Trinajstić information content (AvgIpc) is 3.98. The van der Waals surface area contributed by atoms with Crippen LogP contribution in [0.4, 0.5) is 17.1 Å². The molecule has 0 radical (unpaired) electrons. The number of anilines is 3. The Morgan fingerprint density at radius 3 is 1.52 bits per heavy atom. The maximum atomic E-state index is 6.49. The molecule has 2 nitrogen and oxygen atoms in total. The lowest BCUT2D eigenvalue weighted by molar-refractivity contribution is 0.670. The van der Waals surface area contributed by atoms with Crippen LogP contribution >= 0.6 is 22.7 Å². The molecule has 3 aromatic heterocycles. The molecule has 0 aliphatic rings. The van der Waals surface area contributed by atoms with Crippen molar-refractivity contribution >= 4 is 102 Å². The van der Waals surface area contributed by atoms with Gasteiger partial charge in [0.15, 0.2) is 0 Å². The molecule has 0 unspecified atom stereocenters. The molecule has 0 fully saturated rings. The molecule has 3 heterocycles. The highest BCUT2D eigenvalue weighted by atomic mass is 32.1. The first kappa shape index (κ1) is 33.2. The van der Waals surface area contributed by atoms with Crippen molar-refractivity contribution < 1.29 is 4.42 Å². The number of furan rings is 1. The van der Waals surface area contributed by atoms with Crippen molar-refractivity contribution in [3.05, 3.63) is 200 Å². The first-order valence-corrected chi connectivity index (χ1v) is 21.2. The van der Waals surface area contributed by atoms with Gasteiger partial charge in [-0.05, 0) is 94.5 Å². The number of rotatable bonds is 6. The maximum Gasteiger partial charge on any atom is 0.143 e. The second-order valence-corrected chi connectivity index (χ2v) is 17.0. The van der Waals surface area contributed by atoms with Gasteiger partial charge in [0.25, 0.3) is 0 Å². The highest BCUT2D eigenvalue weighted by Crippen LogP contribution is 2.43. The van der Waals surface area contributed by atoms with Crippen LogP contribution in [0, 0.1) is 0 Å². The Balaban J connectivity index is 0.931. The number of thiophene rings is 2. The molecule has 0 atom stereocenters. The van der Waals surface area contributed by atoms with Crippen LogP contribution in [-0.4, -0.2) is 0 Å². The summed E-state index contributed by atoms with van der Waals surface area (Å²) in [6, 6.07) is 72.7. The molecular weight excluding hydrogens is 743 g/mol. The number of fused-ring (bicyclic) bond motifs is 9. The van der Waals surface area contributed by atoms with Crippen molar-refractivity contribution in [3.8, 4) is 33.4 Å². The van der Waals surface area contributed by atoms with Gasteiger partial charge in [-0.3, -0.25) is 0 Å². The number of benzene rings is 9. The SMILES string of the molecule is c1ccc(-c2cccc3c2oc2ccc(-c4ccc(N(c5ccc(-c6ccc7c(c6)sc6ccccc67)cc5)c5ccc6c(c5)sc5ccccc56)cc4)cc23)cc1. The second kappa shape index (κ2) is 13.3. The lowest BCUT2D eigenvalue weighted by Gasteiger charge is -2.26. The fraction of sp³-hybridized carbons (Fsp3) is 0. The third kappa shape index (κ3) is 5.45. The number of hydrogen-bond donors (Lipinski definition) is 0. The molecule has 9 aromatic carbocycles. The minimum absolute atomic E-state index is 0.897. The topological polar surface area (TPSA) is 16.4 Å². The van der Waals surface area contributed by atoms with Crippen molar-refractivity contribution in [2.24, 2.45) is 0 Å². The van der Waals surface area contributed by atoms with Gasteiger partial charge in [0.2, 0.25) is 0 Å². The van der Waals surface area contributed by atoms with Gasteiger partial charge < -0.3 is 9.32 Å². The number of nitrogens with zero attached hydrogens (tertiary/aromatic N) is 1. The molecule has 0 bridgehead atoms. The molecule has 58 heavy (non-hydrogen) atoms. The van der Waals surface area contributed by atoms with Gasteiger partial charge in [-0.25, -0.2) is 0 Å². The summed E-state index contributed by atoms with van der Waals surface area (Å²) >= 11 is 3.72. The molecule has 0 spiro atoms. The van der Waals surface area contributed by atoms with Crippen molar-refractivity contribution in [2.45, 2.75) is 0 Å². The fourth-order valence-electron chi connectivity index (χ4n) is 8.64. The third-order valence-electron chi connectivity index (χ3n) is 11.5. The standard InChI is InChI=1S/C54H33NOS2/c1-2-9-36(10-3-1)42-13-8-14-47-48-31-37(22-30-49(48)56-54(42)47)34-17-23-39(24-18-34)55(41-27-29-46-44-12-5-7-16-51(44)58-53(46)33-41)40-25-19-35(20-26-40)38-21-28-45-43-11-4-6-15-50(43)57-52(45)32-38/h1-33H. The Hall–Kier alpha value is -6.98. The molecule has 0 amide bonds. The van der Waals surface area contributed by atoms with E-state index in [0.717, 1.165) is 61.3 Å². The van der Waals surface area contributed by atoms with E-state index >= 15 is 0 Å². The molecule has 0 aliphatic carbocycles. The summed E-state index contributed by atoms with van der Waals surface area (Å²) in [4.78, 5) is 2.38. The molecule has 0 saturated heterocycles. The van der Waals surface area contributed by atoms with Crippen molar-refractivity contribution in [1.82, 2.24) is 0 Å². The summed E-state index contributed by atoms with van der Waals surface area (Å²) in [5.74, 6) is 0. The average molecular weight is 776 g/mol. The van der Waals surface area contributed by atoms with Crippen LogP contribution in [0.2, 0.25) is 0 Å². The van der Waals surface area contributed by atoms with E-state index in [1.807, 2.05) is 28.7 Å². The smallest absolute Gasteiger partial charge is 0.143 e. The highest BCUT2D eigenvalue weighted by molar-refractivity contribution is 7.26. The Morgan fingerprint density at radius 1 is 0.310 bits per heavy atom. The predicted octanol–water partition coefficient (Wildman–Crippen LogP) is 16.8. The van der Waals surface area contributed by atoms with Gasteiger partial charge in [0, 0.05) is 73.7 Å². The lowest BCUT2D eigenvalue weighted by atomic mass is 10.00. The fourth-order valence-corrected chi connectivity index (χ4v) is 10.9. The van der Waals surface area contributed by atoms with Crippen LogP contribution in [0.25, 0.3) is 95.7 Å². The Bertz CT molecular complexity index is 3500. The molecule has 0 saturated carbocycles. The largest absolute Gasteiger partial charge is 0.455 e. The molecule has 12 aromatic rings.